The predicted molar refractivity (Wildman–Crippen MR) is 122 cm³/mol. The summed E-state index contributed by atoms with van der Waals surface area (Å²) in [6, 6.07) is 4.65. The lowest BCUT2D eigenvalue weighted by Crippen LogP contribution is -2.35. The lowest BCUT2D eigenvalue weighted by atomic mass is 10.0. The zero-order chi connectivity index (χ0) is 23.2. The lowest BCUT2D eigenvalue weighted by Gasteiger charge is -2.35. The zero-order valence-corrected chi connectivity index (χ0v) is 19.7. The third-order valence-electron chi connectivity index (χ3n) is 4.44. The molecule has 0 aliphatic rings. The first-order valence-corrected chi connectivity index (χ1v) is 10.8. The van der Waals surface area contributed by atoms with E-state index < -0.39 is 5.82 Å². The number of carbonyl (C=O) groups is 1. The van der Waals surface area contributed by atoms with E-state index >= 15 is 0 Å². The van der Waals surface area contributed by atoms with Gasteiger partial charge in [-0.2, -0.15) is 0 Å². The second-order valence-corrected chi connectivity index (χ2v) is 7.60. The van der Waals surface area contributed by atoms with Crippen LogP contribution in [-0.4, -0.2) is 50.2 Å². The van der Waals surface area contributed by atoms with E-state index in [0.717, 1.165) is 6.42 Å². The number of hydrogen-bond acceptors (Lipinski definition) is 6. The van der Waals surface area contributed by atoms with Crippen molar-refractivity contribution in [3.8, 4) is 0 Å². The van der Waals surface area contributed by atoms with Crippen molar-refractivity contribution in [1.29, 1.82) is 0 Å². The highest BCUT2D eigenvalue weighted by Gasteiger charge is 2.25. The minimum Gasteiger partial charge on any atom is -0.388 e. The number of halogens is 2. The topological polar surface area (TPSA) is 64.5 Å². The van der Waals surface area contributed by atoms with E-state index in [1.807, 2.05) is 13.0 Å². The molecule has 0 saturated carbocycles. The fourth-order valence-electron chi connectivity index (χ4n) is 3.12. The summed E-state index contributed by atoms with van der Waals surface area (Å²) in [4.78, 5) is 21.5. The Kier molecular flexibility index (Phi) is 12.9. The molecule has 0 amide bonds. The third kappa shape index (κ3) is 8.51. The van der Waals surface area contributed by atoms with Gasteiger partial charge in [-0.05, 0) is 30.4 Å². The van der Waals surface area contributed by atoms with Crippen LogP contribution in [0.3, 0.4) is 0 Å². The van der Waals surface area contributed by atoms with Crippen molar-refractivity contribution in [1.82, 2.24) is 9.97 Å². The van der Waals surface area contributed by atoms with Gasteiger partial charge in [0, 0.05) is 27.4 Å². The number of carbonyl (C=O) groups excluding carboxylic acids is 1. The van der Waals surface area contributed by atoms with Gasteiger partial charge in [0.05, 0.1) is 30.1 Å². The van der Waals surface area contributed by atoms with Crippen molar-refractivity contribution in [2.45, 2.75) is 39.7 Å². The molecule has 2 atom stereocenters. The molecule has 31 heavy (non-hydrogen) atoms. The van der Waals surface area contributed by atoms with E-state index in [2.05, 4.69) is 33.5 Å². The molecule has 2 aromatic rings. The van der Waals surface area contributed by atoms with Crippen molar-refractivity contribution in [3.05, 3.63) is 52.7 Å². The molecule has 0 bridgehead atoms. The van der Waals surface area contributed by atoms with Gasteiger partial charge in [0.25, 0.3) is 0 Å². The Bertz CT molecular complexity index is 777. The summed E-state index contributed by atoms with van der Waals surface area (Å²) >= 11 is 6.28. The van der Waals surface area contributed by atoms with Crippen LogP contribution in [0, 0.1) is 11.7 Å². The summed E-state index contributed by atoms with van der Waals surface area (Å²) in [5, 5.41) is 0.117. The van der Waals surface area contributed by atoms with Crippen LogP contribution in [-0.2, 0) is 9.47 Å². The second-order valence-electron chi connectivity index (χ2n) is 7.23. The minimum absolute atomic E-state index is 0.117. The molecule has 2 unspecified atom stereocenters. The maximum Gasteiger partial charge on any atom is 0.170 e. The first-order chi connectivity index (χ1) is 14.9. The van der Waals surface area contributed by atoms with Crippen molar-refractivity contribution in [2.24, 2.45) is 5.92 Å². The van der Waals surface area contributed by atoms with Crippen LogP contribution in [0.4, 0.5) is 10.2 Å². The molecule has 1 aromatic heterocycles. The largest absolute Gasteiger partial charge is 0.388 e. The molecular formula is C23H33ClFN3O3. The quantitative estimate of drug-likeness (QED) is 0.337. The predicted octanol–water partition coefficient (Wildman–Crippen LogP) is 5.36. The smallest absolute Gasteiger partial charge is 0.170 e. The van der Waals surface area contributed by atoms with Crippen LogP contribution in [0.2, 0.25) is 5.02 Å². The average Bonchev–Trinajstić information content (AvgIpc) is 2.77. The number of ether oxygens (including phenoxy) is 2. The van der Waals surface area contributed by atoms with Gasteiger partial charge in [-0.3, -0.25) is 4.79 Å². The Labute approximate surface area is 189 Å². The van der Waals surface area contributed by atoms with Crippen molar-refractivity contribution < 1.29 is 18.7 Å². The van der Waals surface area contributed by atoms with Crippen LogP contribution >= 0.6 is 11.6 Å². The molecule has 2 rings (SSSR count). The summed E-state index contributed by atoms with van der Waals surface area (Å²) in [7, 11) is 3.25. The SMILES string of the molecule is CCCOCC(C)CN(c1cnc(C=O)cn1)C(CC)c1cccc(F)c1Cl.COC. The van der Waals surface area contributed by atoms with E-state index in [0.29, 0.717) is 43.8 Å². The van der Waals surface area contributed by atoms with Crippen LogP contribution in [0.1, 0.15) is 55.7 Å². The number of anilines is 1. The molecule has 0 fully saturated rings. The Morgan fingerprint density at radius 1 is 1.23 bits per heavy atom. The first kappa shape index (κ1) is 26.9. The maximum atomic E-state index is 14.1. The number of methoxy groups -OCH3 is 1. The van der Waals surface area contributed by atoms with Crippen molar-refractivity contribution in [2.75, 3.05) is 38.9 Å². The van der Waals surface area contributed by atoms with E-state index in [9.17, 15) is 9.18 Å². The Balaban J connectivity index is 0.00000151. The normalized spacial score (nSPS) is 12.5. The molecule has 0 saturated heterocycles. The summed E-state index contributed by atoms with van der Waals surface area (Å²) in [5.74, 6) is 0.375. The van der Waals surface area contributed by atoms with Crippen molar-refractivity contribution in [3.63, 3.8) is 0 Å². The third-order valence-corrected chi connectivity index (χ3v) is 4.83. The van der Waals surface area contributed by atoms with E-state index in [4.69, 9.17) is 16.3 Å². The van der Waals surface area contributed by atoms with E-state index in [1.54, 1.807) is 26.5 Å². The van der Waals surface area contributed by atoms with Gasteiger partial charge < -0.3 is 14.4 Å². The molecule has 1 aromatic carbocycles. The molecule has 0 aliphatic heterocycles. The van der Waals surface area contributed by atoms with Gasteiger partial charge in [-0.1, -0.05) is 44.5 Å². The summed E-state index contributed by atoms with van der Waals surface area (Å²) in [6.07, 6.45) is 5.32. The van der Waals surface area contributed by atoms with Gasteiger partial charge in [-0.25, -0.2) is 14.4 Å². The lowest BCUT2D eigenvalue weighted by molar-refractivity contribution is 0.106. The molecule has 0 N–H and O–H groups in total. The molecule has 0 radical (unpaired) electrons. The summed E-state index contributed by atoms with van der Waals surface area (Å²) in [6.45, 7) is 8.13. The highest BCUT2D eigenvalue weighted by atomic mass is 35.5. The van der Waals surface area contributed by atoms with Crippen molar-refractivity contribution >= 4 is 23.7 Å². The Morgan fingerprint density at radius 2 is 1.94 bits per heavy atom. The molecule has 8 heteroatoms. The maximum absolute atomic E-state index is 14.1. The standard InChI is InChI=1S/C21H27ClFN3O2.C2H6O/c1-4-9-28-14-15(3)12-26(20-11-24-16(13-27)10-25-20)19(5-2)17-7-6-8-18(23)21(17)22;1-3-2/h6-8,10-11,13,15,19H,4-5,9,12,14H2,1-3H3;1-2H3. The van der Waals surface area contributed by atoms with Gasteiger partial charge in [-0.15, -0.1) is 0 Å². The molecule has 1 heterocycles. The van der Waals surface area contributed by atoms with Crippen LogP contribution < -0.4 is 4.90 Å². The minimum atomic E-state index is -0.445. The van der Waals surface area contributed by atoms with Crippen LogP contribution in [0.25, 0.3) is 0 Å². The summed E-state index contributed by atoms with van der Waals surface area (Å²) < 4.78 is 24.0. The number of benzene rings is 1. The monoisotopic (exact) mass is 453 g/mol. The number of aromatic nitrogens is 2. The molecule has 0 spiro atoms. The highest BCUT2D eigenvalue weighted by Crippen LogP contribution is 2.34. The highest BCUT2D eigenvalue weighted by molar-refractivity contribution is 6.31. The van der Waals surface area contributed by atoms with Crippen LogP contribution in [0.5, 0.6) is 0 Å². The van der Waals surface area contributed by atoms with Crippen LogP contribution in [0.15, 0.2) is 30.6 Å². The number of rotatable bonds is 11. The second kappa shape index (κ2) is 14.8. The van der Waals surface area contributed by atoms with E-state index in [1.165, 1.54) is 12.3 Å². The fourth-order valence-corrected chi connectivity index (χ4v) is 3.38. The van der Waals surface area contributed by atoms with Gasteiger partial charge in [0.15, 0.2) is 6.29 Å². The van der Waals surface area contributed by atoms with E-state index in [-0.39, 0.29) is 22.7 Å². The molecule has 0 aliphatic carbocycles. The fraction of sp³-hybridized carbons (Fsp3) is 0.522. The van der Waals surface area contributed by atoms with Gasteiger partial charge in [0.1, 0.15) is 17.3 Å². The number of nitrogens with zero attached hydrogens (tertiary/aromatic N) is 3. The Morgan fingerprint density at radius 3 is 2.48 bits per heavy atom. The zero-order valence-electron chi connectivity index (χ0n) is 19.0. The molecule has 6 nitrogen and oxygen atoms in total. The number of hydrogen-bond donors (Lipinski definition) is 0. The molecular weight excluding hydrogens is 421 g/mol. The Hall–Kier alpha value is -2.09. The number of aldehydes is 1. The van der Waals surface area contributed by atoms with Gasteiger partial charge >= 0.3 is 0 Å². The average molecular weight is 454 g/mol. The molecule has 172 valence electrons. The first-order valence-electron chi connectivity index (χ1n) is 10.4. The van der Waals surface area contributed by atoms with Gasteiger partial charge in [0.2, 0.25) is 0 Å². The summed E-state index contributed by atoms with van der Waals surface area (Å²) in [5.41, 5.74) is 0.965.